The smallest absolute Gasteiger partial charge is 0.252 e. The van der Waals surface area contributed by atoms with Crippen molar-refractivity contribution < 1.29 is 9.90 Å². The molecule has 0 aliphatic carbocycles. The van der Waals surface area contributed by atoms with Crippen LogP contribution in [0.25, 0.3) is 0 Å². The van der Waals surface area contributed by atoms with Crippen LogP contribution in [-0.2, 0) is 6.42 Å². The zero-order chi connectivity index (χ0) is 14.4. The number of carbonyl (C=O) groups is 1. The van der Waals surface area contributed by atoms with Gasteiger partial charge in [0, 0.05) is 22.9 Å². The van der Waals surface area contributed by atoms with Crippen molar-refractivity contribution >= 4 is 17.2 Å². The van der Waals surface area contributed by atoms with Gasteiger partial charge < -0.3 is 10.4 Å². The molecule has 106 valence electrons. The first-order valence-electron chi connectivity index (χ1n) is 6.58. The highest BCUT2D eigenvalue weighted by atomic mass is 32.1. The second-order valence-corrected chi connectivity index (χ2v) is 6.11. The maximum atomic E-state index is 11.9. The lowest BCUT2D eigenvalue weighted by Crippen LogP contribution is -2.39. The number of hydrogen-bond donors (Lipinski definition) is 2. The Hall–Kier alpha value is -1.65. The zero-order valence-electron chi connectivity index (χ0n) is 11.5. The molecule has 1 aromatic carbocycles. The van der Waals surface area contributed by atoms with Crippen LogP contribution < -0.4 is 5.32 Å². The molecule has 4 heteroatoms. The van der Waals surface area contributed by atoms with Gasteiger partial charge in [-0.1, -0.05) is 37.3 Å². The molecule has 0 aliphatic heterocycles. The Balaban J connectivity index is 1.95. The summed E-state index contributed by atoms with van der Waals surface area (Å²) in [6.45, 7) is 2.47. The monoisotopic (exact) mass is 289 g/mol. The fourth-order valence-corrected chi connectivity index (χ4v) is 2.69. The van der Waals surface area contributed by atoms with Crippen molar-refractivity contribution in [2.24, 2.45) is 5.41 Å². The number of aliphatic hydroxyl groups excluding tert-OH is 1. The van der Waals surface area contributed by atoms with Crippen molar-refractivity contribution in [3.05, 3.63) is 58.3 Å². The maximum Gasteiger partial charge on any atom is 0.252 e. The molecule has 0 saturated heterocycles. The van der Waals surface area contributed by atoms with E-state index in [0.717, 1.165) is 12.0 Å². The minimum absolute atomic E-state index is 0.0335. The van der Waals surface area contributed by atoms with E-state index >= 15 is 0 Å². The van der Waals surface area contributed by atoms with Crippen LogP contribution in [0, 0.1) is 5.41 Å². The predicted molar refractivity (Wildman–Crippen MR) is 82.0 cm³/mol. The fourth-order valence-electron chi connectivity index (χ4n) is 2.05. The highest BCUT2D eigenvalue weighted by Crippen LogP contribution is 2.21. The predicted octanol–water partition coefficient (Wildman–Crippen LogP) is 2.72. The molecule has 0 saturated carbocycles. The number of nitrogens with one attached hydrogen (secondary N) is 1. The maximum absolute atomic E-state index is 11.9. The Kier molecular flexibility index (Phi) is 4.93. The number of thiophene rings is 1. The van der Waals surface area contributed by atoms with Crippen molar-refractivity contribution in [1.82, 2.24) is 5.32 Å². The minimum Gasteiger partial charge on any atom is -0.396 e. The van der Waals surface area contributed by atoms with Crippen LogP contribution in [0.3, 0.4) is 0 Å². The summed E-state index contributed by atoms with van der Waals surface area (Å²) in [6.07, 6.45) is 0.730. The van der Waals surface area contributed by atoms with Crippen molar-refractivity contribution in [1.29, 1.82) is 0 Å². The molecule has 0 fully saturated rings. The quantitative estimate of drug-likeness (QED) is 0.859. The van der Waals surface area contributed by atoms with Gasteiger partial charge in [-0.25, -0.2) is 0 Å². The van der Waals surface area contributed by atoms with E-state index < -0.39 is 0 Å². The molecular weight excluding hydrogens is 270 g/mol. The first-order valence-corrected chi connectivity index (χ1v) is 7.52. The molecule has 2 aromatic rings. The lowest BCUT2D eigenvalue weighted by Gasteiger charge is -2.27. The van der Waals surface area contributed by atoms with Crippen molar-refractivity contribution in [2.75, 3.05) is 13.2 Å². The van der Waals surface area contributed by atoms with E-state index in [9.17, 15) is 9.90 Å². The normalized spacial score (nSPS) is 13.7. The third kappa shape index (κ3) is 3.92. The van der Waals surface area contributed by atoms with Gasteiger partial charge in [0.25, 0.3) is 5.91 Å². The summed E-state index contributed by atoms with van der Waals surface area (Å²) in [5, 5.41) is 16.2. The number of hydrogen-bond acceptors (Lipinski definition) is 3. The Morgan fingerprint density at radius 1 is 1.30 bits per heavy atom. The van der Waals surface area contributed by atoms with Crippen LogP contribution in [0.1, 0.15) is 22.8 Å². The molecule has 2 rings (SSSR count). The Bertz CT molecular complexity index is 539. The molecule has 1 atom stereocenters. The second-order valence-electron chi connectivity index (χ2n) is 5.33. The summed E-state index contributed by atoms with van der Waals surface area (Å²) in [6, 6.07) is 11.8. The van der Waals surface area contributed by atoms with Crippen LogP contribution in [0.15, 0.2) is 47.2 Å². The van der Waals surface area contributed by atoms with Crippen LogP contribution in [-0.4, -0.2) is 24.2 Å². The molecule has 2 N–H and O–H groups in total. The molecule has 0 radical (unpaired) electrons. The molecule has 0 bridgehead atoms. The summed E-state index contributed by atoms with van der Waals surface area (Å²) in [4.78, 5) is 11.9. The number of benzene rings is 1. The van der Waals surface area contributed by atoms with E-state index in [2.05, 4.69) is 5.32 Å². The van der Waals surface area contributed by atoms with Gasteiger partial charge in [-0.15, -0.1) is 0 Å². The standard InChI is InChI=1S/C16H19NO2S/c1-16(12-18,9-13-5-3-2-4-6-13)11-17-15(19)14-7-8-20-10-14/h2-8,10,18H,9,11-12H2,1H3,(H,17,19). The summed E-state index contributed by atoms with van der Waals surface area (Å²) in [5.74, 6) is -0.0843. The van der Waals surface area contributed by atoms with Gasteiger partial charge >= 0.3 is 0 Å². The Labute approximate surface area is 123 Å². The van der Waals surface area contributed by atoms with Crippen molar-refractivity contribution in [3.63, 3.8) is 0 Å². The van der Waals surface area contributed by atoms with Crippen LogP contribution in [0.5, 0.6) is 0 Å². The van der Waals surface area contributed by atoms with Gasteiger partial charge in [-0.05, 0) is 23.4 Å². The van der Waals surface area contributed by atoms with E-state index in [1.807, 2.05) is 48.0 Å². The molecule has 1 heterocycles. The summed E-state index contributed by atoms with van der Waals surface area (Å²) in [7, 11) is 0. The molecule has 1 amide bonds. The lowest BCUT2D eigenvalue weighted by molar-refractivity contribution is 0.0895. The number of rotatable bonds is 6. The average Bonchev–Trinajstić information content (AvgIpc) is 3.00. The van der Waals surface area contributed by atoms with Gasteiger partial charge in [0.2, 0.25) is 0 Å². The third-order valence-electron chi connectivity index (χ3n) is 3.31. The van der Waals surface area contributed by atoms with E-state index in [4.69, 9.17) is 0 Å². The number of amides is 1. The van der Waals surface area contributed by atoms with Gasteiger partial charge in [-0.3, -0.25) is 4.79 Å². The first-order chi connectivity index (χ1) is 9.63. The highest BCUT2D eigenvalue weighted by Gasteiger charge is 2.25. The zero-order valence-corrected chi connectivity index (χ0v) is 12.3. The Morgan fingerprint density at radius 2 is 2.05 bits per heavy atom. The SMILES string of the molecule is CC(CO)(CNC(=O)c1ccsc1)Cc1ccccc1. The fraction of sp³-hybridized carbons (Fsp3) is 0.312. The van der Waals surface area contributed by atoms with Gasteiger partial charge in [0.15, 0.2) is 0 Å². The summed E-state index contributed by atoms with van der Waals surface area (Å²) < 4.78 is 0. The van der Waals surface area contributed by atoms with Crippen LogP contribution >= 0.6 is 11.3 Å². The average molecular weight is 289 g/mol. The van der Waals surface area contributed by atoms with E-state index in [1.165, 1.54) is 11.3 Å². The summed E-state index contributed by atoms with van der Waals surface area (Å²) in [5.41, 5.74) is 1.48. The van der Waals surface area contributed by atoms with E-state index in [-0.39, 0.29) is 17.9 Å². The molecule has 20 heavy (non-hydrogen) atoms. The molecule has 3 nitrogen and oxygen atoms in total. The lowest BCUT2D eigenvalue weighted by atomic mass is 9.84. The largest absolute Gasteiger partial charge is 0.396 e. The van der Waals surface area contributed by atoms with Crippen molar-refractivity contribution in [2.45, 2.75) is 13.3 Å². The van der Waals surface area contributed by atoms with Gasteiger partial charge in [0.1, 0.15) is 0 Å². The van der Waals surface area contributed by atoms with Gasteiger partial charge in [-0.2, -0.15) is 11.3 Å². The minimum atomic E-state index is -0.354. The van der Waals surface area contributed by atoms with E-state index in [0.29, 0.717) is 12.1 Å². The Morgan fingerprint density at radius 3 is 2.65 bits per heavy atom. The molecule has 1 unspecified atom stereocenters. The number of aliphatic hydroxyl groups is 1. The summed E-state index contributed by atoms with van der Waals surface area (Å²) >= 11 is 1.50. The van der Waals surface area contributed by atoms with E-state index in [1.54, 1.807) is 6.07 Å². The van der Waals surface area contributed by atoms with Crippen LogP contribution in [0.4, 0.5) is 0 Å². The number of carbonyl (C=O) groups excluding carboxylic acids is 1. The second kappa shape index (κ2) is 6.68. The van der Waals surface area contributed by atoms with Crippen LogP contribution in [0.2, 0.25) is 0 Å². The first kappa shape index (κ1) is 14.8. The van der Waals surface area contributed by atoms with Crippen molar-refractivity contribution in [3.8, 4) is 0 Å². The molecule has 0 aliphatic rings. The molecular formula is C16H19NO2S. The molecule has 1 aromatic heterocycles. The van der Waals surface area contributed by atoms with Gasteiger partial charge in [0.05, 0.1) is 6.61 Å². The highest BCUT2D eigenvalue weighted by molar-refractivity contribution is 7.08. The molecule has 0 spiro atoms. The topological polar surface area (TPSA) is 49.3 Å². The third-order valence-corrected chi connectivity index (χ3v) is 4.00.